The van der Waals surface area contributed by atoms with Crippen LogP contribution in [0.15, 0.2) is 36.4 Å². The van der Waals surface area contributed by atoms with Gasteiger partial charge in [-0.3, -0.25) is 9.69 Å². The number of carbonyl (C=O) groups excluding carboxylic acids is 1. The first-order valence-corrected chi connectivity index (χ1v) is 10.4. The number of nitrogens with zero attached hydrogens (tertiary/aromatic N) is 4. The number of benzene rings is 1. The lowest BCUT2D eigenvalue weighted by Gasteiger charge is -2.36. The second-order valence-corrected chi connectivity index (χ2v) is 7.52. The highest BCUT2D eigenvalue weighted by Gasteiger charge is 2.21. The van der Waals surface area contributed by atoms with Crippen molar-refractivity contribution in [2.75, 3.05) is 72.0 Å². The van der Waals surface area contributed by atoms with Gasteiger partial charge in [-0.1, -0.05) is 49.4 Å². The van der Waals surface area contributed by atoms with Gasteiger partial charge in [0, 0.05) is 71.9 Å². The minimum absolute atomic E-state index is 0.332. The summed E-state index contributed by atoms with van der Waals surface area (Å²) in [4.78, 5) is 21.8. The number of hydrogen-bond donors (Lipinski definition) is 0. The Bertz CT molecular complexity index is 588. The van der Waals surface area contributed by atoms with Crippen molar-refractivity contribution < 1.29 is 4.79 Å². The van der Waals surface area contributed by atoms with E-state index in [2.05, 4.69) is 62.9 Å². The van der Waals surface area contributed by atoms with Crippen LogP contribution in [0.1, 0.15) is 18.9 Å². The van der Waals surface area contributed by atoms with Gasteiger partial charge in [0.1, 0.15) is 0 Å². The summed E-state index contributed by atoms with van der Waals surface area (Å²) in [7, 11) is 0. The second-order valence-electron chi connectivity index (χ2n) is 7.52. The Morgan fingerprint density at radius 3 is 2.19 bits per heavy atom. The first-order chi connectivity index (χ1) is 13.2. The normalized spacial score (nSPS) is 20.4. The average molecular weight is 371 g/mol. The second kappa shape index (κ2) is 10.6. The molecule has 0 bridgehead atoms. The van der Waals surface area contributed by atoms with Crippen LogP contribution in [-0.2, 0) is 4.79 Å². The van der Waals surface area contributed by atoms with Crippen LogP contribution in [0.4, 0.5) is 0 Å². The predicted octanol–water partition coefficient (Wildman–Crippen LogP) is 1.87. The molecule has 2 heterocycles. The largest absolute Gasteiger partial charge is 0.340 e. The van der Waals surface area contributed by atoms with E-state index in [1.165, 1.54) is 5.56 Å². The zero-order valence-corrected chi connectivity index (χ0v) is 16.7. The molecule has 3 rings (SSSR count). The monoisotopic (exact) mass is 370 g/mol. The number of hydrogen-bond acceptors (Lipinski definition) is 4. The molecular weight excluding hydrogens is 336 g/mol. The predicted molar refractivity (Wildman–Crippen MR) is 112 cm³/mol. The highest BCUT2D eigenvalue weighted by Crippen LogP contribution is 2.07. The third kappa shape index (κ3) is 6.45. The van der Waals surface area contributed by atoms with Gasteiger partial charge in [0.15, 0.2) is 0 Å². The van der Waals surface area contributed by atoms with Gasteiger partial charge in [-0.2, -0.15) is 0 Å². The Hall–Kier alpha value is -1.69. The van der Waals surface area contributed by atoms with Gasteiger partial charge in [-0.25, -0.2) is 0 Å². The molecule has 5 heteroatoms. The van der Waals surface area contributed by atoms with E-state index in [9.17, 15) is 4.79 Å². The van der Waals surface area contributed by atoms with E-state index in [1.807, 2.05) is 6.07 Å². The van der Waals surface area contributed by atoms with E-state index in [4.69, 9.17) is 0 Å². The molecule has 148 valence electrons. The summed E-state index contributed by atoms with van der Waals surface area (Å²) in [6, 6.07) is 10.5. The number of amides is 1. The number of likely N-dealkylation sites (N-methyl/N-ethyl adjacent to an activating group) is 1. The maximum Gasteiger partial charge on any atom is 0.223 e. The summed E-state index contributed by atoms with van der Waals surface area (Å²) >= 11 is 0. The summed E-state index contributed by atoms with van der Waals surface area (Å²) < 4.78 is 0. The summed E-state index contributed by atoms with van der Waals surface area (Å²) in [5.74, 6) is 0.332. The highest BCUT2D eigenvalue weighted by atomic mass is 16.2. The van der Waals surface area contributed by atoms with Crippen LogP contribution in [0.3, 0.4) is 0 Å². The molecule has 0 saturated carbocycles. The van der Waals surface area contributed by atoms with Gasteiger partial charge in [0.05, 0.1) is 0 Å². The molecule has 5 nitrogen and oxygen atoms in total. The summed E-state index contributed by atoms with van der Waals surface area (Å²) in [6.07, 6.45) is 5.12. The van der Waals surface area contributed by atoms with Gasteiger partial charge >= 0.3 is 0 Å². The molecule has 2 fully saturated rings. The van der Waals surface area contributed by atoms with Crippen molar-refractivity contribution >= 4 is 12.0 Å². The van der Waals surface area contributed by atoms with Crippen LogP contribution in [0, 0.1) is 0 Å². The zero-order chi connectivity index (χ0) is 18.9. The van der Waals surface area contributed by atoms with E-state index in [0.717, 1.165) is 72.0 Å². The summed E-state index contributed by atoms with van der Waals surface area (Å²) in [5, 5.41) is 0. The van der Waals surface area contributed by atoms with E-state index in [-0.39, 0.29) is 0 Å². The third-order valence-corrected chi connectivity index (χ3v) is 5.75. The lowest BCUT2D eigenvalue weighted by Crippen LogP contribution is -2.50. The van der Waals surface area contributed by atoms with Crippen molar-refractivity contribution in [3.05, 3.63) is 42.0 Å². The molecule has 2 aliphatic rings. The molecule has 27 heavy (non-hydrogen) atoms. The molecular formula is C22H34N4O. The Kier molecular flexibility index (Phi) is 7.87. The van der Waals surface area contributed by atoms with Gasteiger partial charge in [-0.15, -0.1) is 0 Å². The standard InChI is InChI=1S/C22H34N4O/c1-2-23-17-19-26(20-18-23)22(27)10-12-25-15-13-24(14-16-25)11-6-9-21-7-4-3-5-8-21/h3-9H,2,10-20H2,1H3/b9-6+. The van der Waals surface area contributed by atoms with E-state index in [0.29, 0.717) is 12.3 Å². The molecule has 0 spiro atoms. The van der Waals surface area contributed by atoms with Gasteiger partial charge in [0.2, 0.25) is 5.91 Å². The van der Waals surface area contributed by atoms with E-state index < -0.39 is 0 Å². The molecule has 2 saturated heterocycles. The van der Waals surface area contributed by atoms with Gasteiger partial charge < -0.3 is 14.7 Å². The Labute approximate surface area is 164 Å². The van der Waals surface area contributed by atoms with Crippen LogP contribution in [-0.4, -0.2) is 97.5 Å². The fourth-order valence-corrected chi connectivity index (χ4v) is 3.82. The molecule has 0 aromatic heterocycles. The number of carbonyl (C=O) groups is 1. The van der Waals surface area contributed by atoms with Crippen LogP contribution in [0.2, 0.25) is 0 Å². The fraction of sp³-hybridized carbons (Fsp3) is 0.591. The van der Waals surface area contributed by atoms with Crippen molar-refractivity contribution in [3.63, 3.8) is 0 Å². The Balaban J connectivity index is 1.30. The van der Waals surface area contributed by atoms with E-state index >= 15 is 0 Å². The average Bonchev–Trinajstić information content (AvgIpc) is 2.74. The lowest BCUT2D eigenvalue weighted by atomic mass is 10.2. The van der Waals surface area contributed by atoms with Crippen LogP contribution in [0.5, 0.6) is 0 Å². The minimum Gasteiger partial charge on any atom is -0.340 e. The molecule has 1 aromatic rings. The first kappa shape index (κ1) is 20.1. The molecule has 2 aliphatic heterocycles. The molecule has 0 aliphatic carbocycles. The zero-order valence-electron chi connectivity index (χ0n) is 16.7. The van der Waals surface area contributed by atoms with Crippen LogP contribution in [0.25, 0.3) is 6.08 Å². The topological polar surface area (TPSA) is 30.0 Å². The quantitative estimate of drug-likeness (QED) is 0.733. The molecule has 0 radical (unpaired) electrons. The molecule has 1 amide bonds. The fourth-order valence-electron chi connectivity index (χ4n) is 3.82. The highest BCUT2D eigenvalue weighted by molar-refractivity contribution is 5.76. The molecule has 0 atom stereocenters. The van der Waals surface area contributed by atoms with Crippen molar-refractivity contribution in [1.82, 2.24) is 19.6 Å². The van der Waals surface area contributed by atoms with Crippen molar-refractivity contribution in [1.29, 1.82) is 0 Å². The summed E-state index contributed by atoms with van der Waals surface area (Å²) in [5.41, 5.74) is 1.26. The van der Waals surface area contributed by atoms with Crippen LogP contribution >= 0.6 is 0 Å². The molecule has 1 aromatic carbocycles. The molecule has 0 unspecified atom stereocenters. The maximum atomic E-state index is 12.4. The summed E-state index contributed by atoms with van der Waals surface area (Å²) in [6.45, 7) is 13.3. The van der Waals surface area contributed by atoms with Crippen molar-refractivity contribution in [3.8, 4) is 0 Å². The van der Waals surface area contributed by atoms with Gasteiger partial charge in [-0.05, 0) is 12.1 Å². The minimum atomic E-state index is 0.332. The molecule has 0 N–H and O–H groups in total. The van der Waals surface area contributed by atoms with E-state index in [1.54, 1.807) is 0 Å². The lowest BCUT2D eigenvalue weighted by molar-refractivity contribution is -0.133. The number of rotatable bonds is 7. The first-order valence-electron chi connectivity index (χ1n) is 10.4. The van der Waals surface area contributed by atoms with Crippen molar-refractivity contribution in [2.45, 2.75) is 13.3 Å². The SMILES string of the molecule is CCN1CCN(C(=O)CCN2CCN(C/C=C/c3ccccc3)CC2)CC1. The number of piperazine rings is 2. The third-order valence-electron chi connectivity index (χ3n) is 5.75. The maximum absolute atomic E-state index is 12.4. The van der Waals surface area contributed by atoms with Crippen molar-refractivity contribution in [2.24, 2.45) is 0 Å². The smallest absolute Gasteiger partial charge is 0.223 e. The Morgan fingerprint density at radius 1 is 0.889 bits per heavy atom. The van der Waals surface area contributed by atoms with Gasteiger partial charge in [0.25, 0.3) is 0 Å². The Morgan fingerprint density at radius 2 is 1.52 bits per heavy atom. The van der Waals surface area contributed by atoms with Crippen LogP contribution < -0.4 is 0 Å².